The molecule has 4 bridgehead atoms. The Morgan fingerprint density at radius 1 is 1.00 bits per heavy atom. The van der Waals surface area contributed by atoms with Crippen LogP contribution in [0.2, 0.25) is 0 Å². The molecule has 8 heteroatoms. The van der Waals surface area contributed by atoms with Gasteiger partial charge in [-0.3, -0.25) is 4.79 Å². The van der Waals surface area contributed by atoms with Crippen molar-refractivity contribution in [1.29, 1.82) is 0 Å². The van der Waals surface area contributed by atoms with E-state index in [1.165, 1.54) is 42.7 Å². The number of ether oxygens (including phenoxy) is 1. The Morgan fingerprint density at radius 2 is 1.66 bits per heavy atom. The first-order valence-corrected chi connectivity index (χ1v) is 14.4. The summed E-state index contributed by atoms with van der Waals surface area (Å²) in [7, 11) is 0. The Balaban J connectivity index is 1.24. The van der Waals surface area contributed by atoms with Crippen molar-refractivity contribution < 1.29 is 23.8 Å². The molecule has 5 saturated carbocycles. The number of carbonyl (C=O) groups is 1. The smallest absolute Gasteiger partial charge is 0.294 e. The minimum absolute atomic E-state index is 0.0413. The van der Waals surface area contributed by atoms with E-state index in [2.05, 4.69) is 4.84 Å². The molecule has 0 atom stereocenters. The number of carbonyl (C=O) groups excluding carboxylic acids is 1. The van der Waals surface area contributed by atoms with Crippen molar-refractivity contribution in [2.75, 3.05) is 13.2 Å². The quantitative estimate of drug-likeness (QED) is 0.161. The topological polar surface area (TPSA) is 78.7 Å². The molecular weight excluding hydrogens is 505 g/mol. The monoisotopic (exact) mass is 535 g/mol. The van der Waals surface area contributed by atoms with E-state index < -0.39 is 5.09 Å². The Kier molecular flexibility index (Phi) is 5.55. The number of Topliss-reactive ketones (excluding diaryl/α,β-unsaturated/α-hetero) is 1. The maximum Gasteiger partial charge on any atom is 0.294 e. The van der Waals surface area contributed by atoms with Crippen LogP contribution >= 0.6 is 11.3 Å². The van der Waals surface area contributed by atoms with E-state index in [0.29, 0.717) is 30.1 Å². The van der Waals surface area contributed by atoms with Gasteiger partial charge in [-0.05, 0) is 105 Å². The molecule has 5 aliphatic carbocycles. The third-order valence-electron chi connectivity index (χ3n) is 9.50. The Labute approximate surface area is 224 Å². The average Bonchev–Trinajstić information content (AvgIpc) is 3.57. The summed E-state index contributed by atoms with van der Waals surface area (Å²) >= 11 is 1.52. The molecule has 5 fully saturated rings. The van der Waals surface area contributed by atoms with Crippen LogP contribution in [0, 0.1) is 44.5 Å². The van der Waals surface area contributed by atoms with E-state index in [1.807, 2.05) is 18.2 Å². The zero-order valence-corrected chi connectivity index (χ0v) is 21.9. The lowest BCUT2D eigenvalue weighted by molar-refractivity contribution is -0.760. The number of hydrogen-bond acceptors (Lipinski definition) is 6. The number of fused-ring (bicyclic) bond motifs is 1. The third kappa shape index (κ3) is 4.17. The van der Waals surface area contributed by atoms with Crippen LogP contribution in [-0.4, -0.2) is 24.1 Å². The number of hydrogen-bond donors (Lipinski definition) is 0. The van der Waals surface area contributed by atoms with Gasteiger partial charge in [0.15, 0.2) is 5.78 Å². The molecule has 3 aromatic rings. The van der Waals surface area contributed by atoms with Gasteiger partial charge in [0.2, 0.25) is 0 Å². The fraction of sp³-hybridized carbons (Fsp3) is 0.500. The number of nitrogens with zero attached hydrogens (tertiary/aromatic N) is 1. The number of ketones is 1. The molecule has 1 aromatic heterocycles. The molecule has 5 aliphatic rings. The number of rotatable bonds is 9. The molecule has 0 amide bonds. The normalized spacial score (nSPS) is 28.4. The lowest BCUT2D eigenvalue weighted by Crippen LogP contribution is -2.49. The van der Waals surface area contributed by atoms with Gasteiger partial charge < -0.3 is 9.57 Å². The Bertz CT molecular complexity index is 1390. The highest BCUT2D eigenvalue weighted by molar-refractivity contribution is 7.21. The molecule has 0 saturated heterocycles. The second-order valence-electron chi connectivity index (χ2n) is 12.3. The van der Waals surface area contributed by atoms with Gasteiger partial charge in [-0.25, -0.2) is 4.39 Å². The zero-order valence-electron chi connectivity index (χ0n) is 21.1. The molecule has 0 radical (unpaired) electrons. The highest BCUT2D eigenvalue weighted by Crippen LogP contribution is 2.62. The van der Waals surface area contributed by atoms with E-state index in [-0.39, 0.29) is 29.0 Å². The van der Waals surface area contributed by atoms with Crippen LogP contribution in [0.4, 0.5) is 4.39 Å². The van der Waals surface area contributed by atoms with Gasteiger partial charge in [-0.15, -0.1) is 21.5 Å². The maximum absolute atomic E-state index is 14.4. The zero-order chi connectivity index (χ0) is 26.1. The minimum atomic E-state index is -0.753. The second kappa shape index (κ2) is 8.76. The summed E-state index contributed by atoms with van der Waals surface area (Å²) in [5.41, 5.74) is 1.18. The van der Waals surface area contributed by atoms with Gasteiger partial charge >= 0.3 is 0 Å². The van der Waals surface area contributed by atoms with Crippen LogP contribution < -0.4 is 4.74 Å². The van der Waals surface area contributed by atoms with Crippen LogP contribution in [0.3, 0.4) is 0 Å². The highest BCUT2D eigenvalue weighted by Gasteiger charge is 2.55. The standard InChI is InChI=1S/C30H30FNO5S/c31-22-3-1-21(2-4-22)26-24-6-5-23(36-16-29(7-8-29)17-37-32(34)35)12-25(24)38-27(26)28(33)30-13-18-9-19(14-30)11-20(10-18)15-30/h1-6,12,18-20H,7-11,13-17H2. The SMILES string of the molecule is O=C(c1sc2cc(OCC3(CO[N+](=O)[O-])CC3)ccc2c1-c1ccc(F)cc1)C12CC3CC(CC(C3)C1)C2. The lowest BCUT2D eigenvalue weighted by Gasteiger charge is -2.55. The first kappa shape index (κ1) is 24.1. The lowest BCUT2D eigenvalue weighted by atomic mass is 9.48. The first-order valence-electron chi connectivity index (χ1n) is 13.6. The van der Waals surface area contributed by atoms with Crippen molar-refractivity contribution in [3.8, 4) is 16.9 Å². The number of halogens is 1. The molecule has 198 valence electrons. The van der Waals surface area contributed by atoms with E-state index >= 15 is 0 Å². The van der Waals surface area contributed by atoms with Crippen LogP contribution in [0.5, 0.6) is 5.75 Å². The summed E-state index contributed by atoms with van der Waals surface area (Å²) in [6.45, 7) is 0.390. The molecule has 8 rings (SSSR count). The summed E-state index contributed by atoms with van der Waals surface area (Å²) in [5.74, 6) is 2.65. The third-order valence-corrected chi connectivity index (χ3v) is 10.7. The molecule has 6 nitrogen and oxygen atoms in total. The summed E-state index contributed by atoms with van der Waals surface area (Å²) in [5, 5.41) is 10.8. The largest absolute Gasteiger partial charge is 0.493 e. The summed E-state index contributed by atoms with van der Waals surface area (Å²) in [6.07, 6.45) is 8.49. The van der Waals surface area contributed by atoms with E-state index in [9.17, 15) is 19.3 Å². The average molecular weight is 536 g/mol. The van der Waals surface area contributed by atoms with Crippen molar-refractivity contribution in [3.05, 3.63) is 63.3 Å². The first-order chi connectivity index (χ1) is 18.3. The molecule has 1 heterocycles. The summed E-state index contributed by atoms with van der Waals surface area (Å²) in [6, 6.07) is 12.3. The van der Waals surface area contributed by atoms with Gasteiger partial charge in [0.25, 0.3) is 5.09 Å². The van der Waals surface area contributed by atoms with Crippen LogP contribution in [-0.2, 0) is 4.84 Å². The van der Waals surface area contributed by atoms with Gasteiger partial charge in [0.05, 0.1) is 11.5 Å². The molecule has 0 aliphatic heterocycles. The number of thiophene rings is 1. The van der Waals surface area contributed by atoms with Gasteiger partial charge in [-0.2, -0.15) is 0 Å². The van der Waals surface area contributed by atoms with E-state index in [0.717, 1.165) is 58.2 Å². The summed E-state index contributed by atoms with van der Waals surface area (Å²) < 4.78 is 20.9. The Morgan fingerprint density at radius 3 is 2.26 bits per heavy atom. The fourth-order valence-electron chi connectivity index (χ4n) is 7.79. The maximum atomic E-state index is 14.4. The van der Waals surface area contributed by atoms with Crippen molar-refractivity contribution in [2.24, 2.45) is 28.6 Å². The molecule has 0 spiro atoms. The minimum Gasteiger partial charge on any atom is -0.493 e. The van der Waals surface area contributed by atoms with Crippen molar-refractivity contribution >= 4 is 27.2 Å². The van der Waals surface area contributed by atoms with Crippen molar-refractivity contribution in [1.82, 2.24) is 0 Å². The molecule has 38 heavy (non-hydrogen) atoms. The van der Waals surface area contributed by atoms with Gasteiger partial charge in [-0.1, -0.05) is 12.1 Å². The summed E-state index contributed by atoms with van der Waals surface area (Å²) in [4.78, 5) is 30.5. The van der Waals surface area contributed by atoms with Crippen LogP contribution in [0.1, 0.15) is 61.0 Å². The predicted molar refractivity (Wildman–Crippen MR) is 142 cm³/mol. The van der Waals surface area contributed by atoms with Crippen molar-refractivity contribution in [2.45, 2.75) is 51.4 Å². The van der Waals surface area contributed by atoms with Crippen molar-refractivity contribution in [3.63, 3.8) is 0 Å². The van der Waals surface area contributed by atoms with Gasteiger partial charge in [0, 0.05) is 26.5 Å². The molecule has 0 unspecified atom stereocenters. The number of benzene rings is 2. The van der Waals surface area contributed by atoms with E-state index in [4.69, 9.17) is 4.74 Å². The van der Waals surface area contributed by atoms with Crippen LogP contribution in [0.25, 0.3) is 21.2 Å². The highest BCUT2D eigenvalue weighted by atomic mass is 32.1. The Hall–Kier alpha value is -3.00. The van der Waals surface area contributed by atoms with Crippen LogP contribution in [0.15, 0.2) is 42.5 Å². The molecule has 0 N–H and O–H groups in total. The van der Waals surface area contributed by atoms with Gasteiger partial charge in [0.1, 0.15) is 18.2 Å². The van der Waals surface area contributed by atoms with E-state index in [1.54, 1.807) is 12.1 Å². The molecular formula is C30H30FNO5S. The molecule has 2 aromatic carbocycles. The fourth-order valence-corrected chi connectivity index (χ4v) is 9.11. The predicted octanol–water partition coefficient (Wildman–Crippen LogP) is 7.47. The second-order valence-corrected chi connectivity index (χ2v) is 13.3.